The summed E-state index contributed by atoms with van der Waals surface area (Å²) < 4.78 is 0. The molecule has 0 atom stereocenters. The summed E-state index contributed by atoms with van der Waals surface area (Å²) in [6, 6.07) is 0. The van der Waals surface area contributed by atoms with Gasteiger partial charge in [0.1, 0.15) is 0 Å². The first-order chi connectivity index (χ1) is 8.26. The molecule has 0 fully saturated rings. The zero-order valence-corrected chi connectivity index (χ0v) is 11.6. The third-order valence-electron chi connectivity index (χ3n) is 3.07. The van der Waals surface area contributed by atoms with Crippen molar-refractivity contribution in [2.24, 2.45) is 11.7 Å². The molecule has 0 aromatic carbocycles. The Morgan fingerprint density at radius 1 is 0.882 bits per heavy atom. The summed E-state index contributed by atoms with van der Waals surface area (Å²) in [6.07, 6.45) is 10.6. The maximum absolute atomic E-state index is 5.65. The van der Waals surface area contributed by atoms with Crippen LogP contribution in [0.4, 0.5) is 0 Å². The van der Waals surface area contributed by atoms with Crippen molar-refractivity contribution in [1.82, 2.24) is 15.8 Å². The number of hydrazine groups is 4. The summed E-state index contributed by atoms with van der Waals surface area (Å²) in [6.45, 7) is 6.16. The van der Waals surface area contributed by atoms with Gasteiger partial charge in [-0.3, -0.25) is 5.84 Å². The first kappa shape index (κ1) is 16.8. The average molecular weight is 245 g/mol. The molecule has 104 valence electrons. The summed E-state index contributed by atoms with van der Waals surface area (Å²) in [7, 11) is 0. The van der Waals surface area contributed by atoms with Gasteiger partial charge in [-0.15, -0.1) is 0 Å². The lowest BCUT2D eigenvalue weighted by Gasteiger charge is -2.28. The van der Waals surface area contributed by atoms with E-state index in [9.17, 15) is 0 Å². The van der Waals surface area contributed by atoms with Crippen molar-refractivity contribution >= 4 is 0 Å². The van der Waals surface area contributed by atoms with Crippen molar-refractivity contribution in [3.63, 3.8) is 0 Å². The smallest absolute Gasteiger partial charge is 0.0160 e. The second-order valence-electron chi connectivity index (χ2n) is 4.49. The third-order valence-corrected chi connectivity index (χ3v) is 3.07. The van der Waals surface area contributed by atoms with Crippen molar-refractivity contribution in [2.45, 2.75) is 65.2 Å². The molecule has 0 rings (SSSR count). The molecule has 0 bridgehead atoms. The number of hydrogen-bond donors (Lipinski definition) is 3. The molecule has 5 heteroatoms. The first-order valence-corrected chi connectivity index (χ1v) is 7.02. The van der Waals surface area contributed by atoms with E-state index >= 15 is 0 Å². The Morgan fingerprint density at radius 3 is 1.88 bits per heavy atom. The maximum Gasteiger partial charge on any atom is 0.0160 e. The summed E-state index contributed by atoms with van der Waals surface area (Å²) in [5.74, 6) is 10.9. The minimum absolute atomic E-state index is 0.872. The van der Waals surface area contributed by atoms with Gasteiger partial charge < -0.3 is 0 Å². The van der Waals surface area contributed by atoms with Crippen LogP contribution in [-0.4, -0.2) is 23.3 Å². The van der Waals surface area contributed by atoms with Gasteiger partial charge in [-0.05, 0) is 6.42 Å². The summed E-state index contributed by atoms with van der Waals surface area (Å²) in [4.78, 5) is 0. The Bertz CT molecular complexity index is 154. The van der Waals surface area contributed by atoms with Crippen molar-refractivity contribution in [2.75, 3.05) is 13.1 Å². The van der Waals surface area contributed by atoms with Crippen molar-refractivity contribution in [3.05, 3.63) is 0 Å². The SMILES string of the molecule is CCCCCCCCCCN(CC)N(N)NN. The van der Waals surface area contributed by atoms with E-state index < -0.39 is 0 Å². The van der Waals surface area contributed by atoms with Crippen LogP contribution in [0.15, 0.2) is 0 Å². The number of nitrogens with zero attached hydrogens (tertiary/aromatic N) is 2. The second-order valence-corrected chi connectivity index (χ2v) is 4.49. The molecule has 0 heterocycles. The Balaban J connectivity index is 3.31. The highest BCUT2D eigenvalue weighted by Gasteiger charge is 2.06. The topological polar surface area (TPSA) is 70.5 Å². The quantitative estimate of drug-likeness (QED) is 0.278. The normalized spacial score (nSPS) is 11.6. The lowest BCUT2D eigenvalue weighted by Crippen LogP contribution is -2.58. The third kappa shape index (κ3) is 9.50. The van der Waals surface area contributed by atoms with Crippen molar-refractivity contribution in [1.29, 1.82) is 0 Å². The van der Waals surface area contributed by atoms with Gasteiger partial charge in [0.2, 0.25) is 0 Å². The summed E-state index contributed by atoms with van der Waals surface area (Å²) in [5, 5.41) is 3.36. The highest BCUT2D eigenvalue weighted by molar-refractivity contribution is 4.50. The van der Waals surface area contributed by atoms with Crippen LogP contribution in [-0.2, 0) is 0 Å². The van der Waals surface area contributed by atoms with Crippen molar-refractivity contribution < 1.29 is 0 Å². The molecule has 0 spiro atoms. The zero-order chi connectivity index (χ0) is 12.9. The Labute approximate surface area is 106 Å². The largest absolute Gasteiger partial charge is 0.255 e. The molecule has 17 heavy (non-hydrogen) atoms. The Kier molecular flexibility index (Phi) is 12.1. The highest BCUT2D eigenvalue weighted by atomic mass is 15.9. The molecule has 0 aliphatic heterocycles. The average Bonchev–Trinajstić information content (AvgIpc) is 2.36. The van der Waals surface area contributed by atoms with Crippen molar-refractivity contribution in [3.8, 4) is 0 Å². The molecule has 5 nitrogen and oxygen atoms in total. The minimum Gasteiger partial charge on any atom is -0.255 e. The zero-order valence-electron chi connectivity index (χ0n) is 11.6. The van der Waals surface area contributed by atoms with E-state index in [1.807, 2.05) is 5.01 Å². The predicted molar refractivity (Wildman–Crippen MR) is 73.2 cm³/mol. The molecule has 0 aliphatic rings. The van der Waals surface area contributed by atoms with Gasteiger partial charge in [0, 0.05) is 13.1 Å². The number of hydrogen-bond acceptors (Lipinski definition) is 5. The van der Waals surface area contributed by atoms with Gasteiger partial charge in [0.05, 0.1) is 0 Å². The van der Waals surface area contributed by atoms with Crippen LogP contribution in [0.25, 0.3) is 0 Å². The Hall–Kier alpha value is -0.200. The molecule has 0 aromatic rings. The van der Waals surface area contributed by atoms with Crippen LogP contribution in [0.2, 0.25) is 0 Å². The number of nitrogens with two attached hydrogens (primary N) is 2. The maximum atomic E-state index is 5.65. The molecule has 0 saturated heterocycles. The number of unbranched alkanes of at least 4 members (excludes halogenated alkanes) is 7. The molecule has 0 unspecified atom stereocenters. The van der Waals surface area contributed by atoms with Crippen LogP contribution in [0.3, 0.4) is 0 Å². The fourth-order valence-electron chi connectivity index (χ4n) is 1.93. The first-order valence-electron chi connectivity index (χ1n) is 7.02. The fraction of sp³-hybridized carbons (Fsp3) is 1.00. The van der Waals surface area contributed by atoms with E-state index in [0.717, 1.165) is 13.1 Å². The van der Waals surface area contributed by atoms with Gasteiger partial charge in [0.15, 0.2) is 0 Å². The predicted octanol–water partition coefficient (Wildman–Crippen LogP) is 1.92. The molecule has 0 saturated carbocycles. The van der Waals surface area contributed by atoms with E-state index in [-0.39, 0.29) is 0 Å². The minimum atomic E-state index is 0.872. The second kappa shape index (κ2) is 12.3. The van der Waals surface area contributed by atoms with Gasteiger partial charge in [-0.25, -0.2) is 10.9 Å². The fourth-order valence-corrected chi connectivity index (χ4v) is 1.93. The molecule has 0 aromatic heterocycles. The highest BCUT2D eigenvalue weighted by Crippen LogP contribution is 2.08. The molecule has 0 radical (unpaired) electrons. The van der Waals surface area contributed by atoms with Gasteiger partial charge in [-0.2, -0.15) is 5.53 Å². The van der Waals surface area contributed by atoms with E-state index in [2.05, 4.69) is 19.4 Å². The van der Waals surface area contributed by atoms with Crippen LogP contribution in [0.1, 0.15) is 65.2 Å². The lowest BCUT2D eigenvalue weighted by atomic mass is 10.1. The number of rotatable bonds is 12. The van der Waals surface area contributed by atoms with Crippen LogP contribution < -0.4 is 17.2 Å². The number of nitrogens with one attached hydrogen (secondary N) is 1. The van der Waals surface area contributed by atoms with E-state index in [1.165, 1.54) is 56.6 Å². The van der Waals surface area contributed by atoms with Crippen LogP contribution in [0, 0.1) is 0 Å². The molecule has 0 aliphatic carbocycles. The monoisotopic (exact) mass is 245 g/mol. The molecular weight excluding hydrogens is 214 g/mol. The van der Waals surface area contributed by atoms with Crippen LogP contribution in [0.5, 0.6) is 0 Å². The standard InChI is InChI=1S/C12H31N5/c1-3-5-6-7-8-9-10-11-12-16(4-2)17(14)15-13/h15H,3-14H2,1-2H3. The Morgan fingerprint density at radius 2 is 1.41 bits per heavy atom. The summed E-state index contributed by atoms with van der Waals surface area (Å²) in [5.41, 5.74) is 2.43. The molecule has 5 N–H and O–H groups in total. The lowest BCUT2D eigenvalue weighted by molar-refractivity contribution is -0.0703. The van der Waals surface area contributed by atoms with E-state index in [1.54, 1.807) is 0 Å². The van der Waals surface area contributed by atoms with Gasteiger partial charge in [-0.1, -0.05) is 64.0 Å². The molecular formula is C12H31N5. The van der Waals surface area contributed by atoms with Crippen LogP contribution >= 0.6 is 0 Å². The van der Waals surface area contributed by atoms with Gasteiger partial charge >= 0.3 is 0 Å². The van der Waals surface area contributed by atoms with E-state index in [4.69, 9.17) is 11.7 Å². The van der Waals surface area contributed by atoms with E-state index in [0.29, 0.717) is 0 Å². The summed E-state index contributed by atoms with van der Waals surface area (Å²) >= 11 is 0. The molecule has 0 amide bonds. The van der Waals surface area contributed by atoms with Gasteiger partial charge in [0.25, 0.3) is 0 Å².